The first-order valence-electron chi connectivity index (χ1n) is 20.6. The molecule has 178 valence electrons. The fraction of sp³-hybridized carbons (Fsp3) is 0. The topological polar surface area (TPSA) is 9.86 Å². The Morgan fingerprint density at radius 2 is 0.974 bits per heavy atom. The van der Waals surface area contributed by atoms with E-state index in [-0.39, 0.29) is 62.0 Å². The van der Waals surface area contributed by atoms with Crippen molar-refractivity contribution in [2.45, 2.75) is 0 Å². The fourth-order valence-electron chi connectivity index (χ4n) is 4.80. The van der Waals surface area contributed by atoms with Gasteiger partial charge in [0.25, 0.3) is 0 Å². The highest BCUT2D eigenvalue weighted by atomic mass is 15.0. The second kappa shape index (κ2) is 8.22. The van der Waals surface area contributed by atoms with Crippen LogP contribution in [0.5, 0.6) is 0 Å². The zero-order valence-electron chi connectivity index (χ0n) is 37.4. The molecule has 8 rings (SSSR count). The maximum absolute atomic E-state index is 9.70. The van der Waals surface area contributed by atoms with Gasteiger partial charge in [0, 0.05) is 32.9 Å². The number of fused-ring (bicyclic) bond motifs is 6. The molecule has 0 aliphatic heterocycles. The second-order valence-electron chi connectivity index (χ2n) is 8.46. The van der Waals surface area contributed by atoms with Crippen LogP contribution in [-0.4, -0.2) is 9.13 Å². The van der Waals surface area contributed by atoms with Crippen LogP contribution in [0.15, 0.2) is 145 Å². The van der Waals surface area contributed by atoms with Gasteiger partial charge in [0.15, 0.2) is 0 Å². The molecule has 0 unspecified atom stereocenters. The van der Waals surface area contributed by atoms with E-state index in [1.165, 1.54) is 28.8 Å². The van der Waals surface area contributed by atoms with E-state index in [0.29, 0.717) is 5.56 Å². The molecule has 0 spiro atoms. The van der Waals surface area contributed by atoms with Crippen LogP contribution in [0.3, 0.4) is 0 Å². The molecule has 0 radical (unpaired) electrons. The quantitative estimate of drug-likeness (QED) is 0.228. The maximum atomic E-state index is 9.70. The first kappa shape index (κ1) is 10.00. The lowest BCUT2D eigenvalue weighted by Gasteiger charge is -2.11. The normalized spacial score (nSPS) is 18.3. The minimum Gasteiger partial charge on any atom is -0.309 e. The monoisotopic (exact) mass is 502 g/mol. The van der Waals surface area contributed by atoms with Gasteiger partial charge >= 0.3 is 0 Å². The summed E-state index contributed by atoms with van der Waals surface area (Å²) >= 11 is 0. The van der Waals surface area contributed by atoms with Crippen molar-refractivity contribution in [3.8, 4) is 22.5 Å². The van der Waals surface area contributed by atoms with Crippen LogP contribution in [-0.2, 0) is 0 Å². The Morgan fingerprint density at radius 1 is 0.421 bits per heavy atom. The van der Waals surface area contributed by atoms with E-state index < -0.39 is 107 Å². The van der Waals surface area contributed by atoms with Gasteiger partial charge in [0.05, 0.1) is 46.7 Å². The van der Waals surface area contributed by atoms with E-state index in [9.17, 15) is 4.11 Å². The van der Waals surface area contributed by atoms with Crippen LogP contribution < -0.4 is 0 Å². The van der Waals surface area contributed by atoms with E-state index >= 15 is 0 Å². The SMILES string of the molecule is [2H]c1cc([2H])c(-c2cccc(-n3c4c([2H])c([2H])c([2H])c([2H])c4c4c([2H])c(-n5c6c([2H])c([2H])c([2H])c([2H])c6c6c([2H])c([2H])c([2H])c([2H])c65)c([2H])c([2H])c43)c2)c([2H])c1. The molecular formula is C36H24N2. The van der Waals surface area contributed by atoms with Crippen molar-refractivity contribution < 1.29 is 24.7 Å². The van der Waals surface area contributed by atoms with Gasteiger partial charge in [0.1, 0.15) is 0 Å². The highest BCUT2D eigenvalue weighted by Crippen LogP contribution is 2.37. The van der Waals surface area contributed by atoms with Gasteiger partial charge in [-0.2, -0.15) is 0 Å². The van der Waals surface area contributed by atoms with Gasteiger partial charge in [-0.1, -0.05) is 96.8 Å². The number of nitrogens with zero attached hydrogens (tertiary/aromatic N) is 2. The smallest absolute Gasteiger partial charge is 0.0652 e. The minimum absolute atomic E-state index is 0.0479. The summed E-state index contributed by atoms with van der Waals surface area (Å²) in [5.74, 6) is 0. The average molecular weight is 503 g/mol. The van der Waals surface area contributed by atoms with Gasteiger partial charge in [0.2, 0.25) is 0 Å². The van der Waals surface area contributed by atoms with Gasteiger partial charge in [-0.25, -0.2) is 0 Å². The molecule has 2 heterocycles. The van der Waals surface area contributed by atoms with E-state index in [0.717, 1.165) is 4.57 Å². The molecule has 0 fully saturated rings. The lowest BCUT2D eigenvalue weighted by molar-refractivity contribution is 1.17. The number of para-hydroxylation sites is 3. The molecule has 0 N–H and O–H groups in total. The van der Waals surface area contributed by atoms with Crippen molar-refractivity contribution >= 4 is 43.6 Å². The highest BCUT2D eigenvalue weighted by Gasteiger charge is 2.16. The van der Waals surface area contributed by atoms with Crippen molar-refractivity contribution in [1.29, 1.82) is 0 Å². The first-order chi connectivity index (χ1) is 26.3. The molecule has 2 heteroatoms. The number of rotatable bonds is 3. The Balaban J connectivity index is 1.62. The van der Waals surface area contributed by atoms with Crippen LogP contribution in [0.25, 0.3) is 66.1 Å². The van der Waals surface area contributed by atoms with Crippen LogP contribution in [0.4, 0.5) is 0 Å². The van der Waals surface area contributed by atoms with Crippen molar-refractivity contribution in [3.63, 3.8) is 0 Å². The number of hydrogen-bond acceptors (Lipinski definition) is 0. The molecule has 6 aromatic carbocycles. The van der Waals surface area contributed by atoms with E-state index in [1.54, 1.807) is 12.1 Å². The predicted molar refractivity (Wildman–Crippen MR) is 161 cm³/mol. The molecule has 0 aliphatic carbocycles. The van der Waals surface area contributed by atoms with Crippen LogP contribution in [0.2, 0.25) is 0 Å². The lowest BCUT2D eigenvalue weighted by Crippen LogP contribution is -1.96. The minimum atomic E-state index is -0.735. The van der Waals surface area contributed by atoms with E-state index in [4.69, 9.17) is 20.6 Å². The Labute approximate surface area is 245 Å². The van der Waals surface area contributed by atoms with Gasteiger partial charge in [-0.05, 0) is 59.5 Å². The van der Waals surface area contributed by atoms with Gasteiger partial charge < -0.3 is 9.13 Å². The third kappa shape index (κ3) is 3.07. The van der Waals surface area contributed by atoms with Crippen LogP contribution in [0, 0.1) is 0 Å². The summed E-state index contributed by atoms with van der Waals surface area (Å²) in [6, 6.07) is -1.61. The third-order valence-corrected chi connectivity index (χ3v) is 6.39. The Bertz CT molecular complexity index is 3030. The molecule has 0 saturated heterocycles. The van der Waals surface area contributed by atoms with Crippen molar-refractivity contribution in [2.24, 2.45) is 0 Å². The second-order valence-corrected chi connectivity index (χ2v) is 8.46. The van der Waals surface area contributed by atoms with Crippen molar-refractivity contribution in [1.82, 2.24) is 9.13 Å². The zero-order valence-corrected chi connectivity index (χ0v) is 19.4. The summed E-state index contributed by atoms with van der Waals surface area (Å²) in [5, 5.41) is -1.12. The fourth-order valence-corrected chi connectivity index (χ4v) is 4.80. The van der Waals surface area contributed by atoms with Crippen LogP contribution in [0.1, 0.15) is 24.7 Å². The standard InChI is InChI=1S/C36H24N2/c1-2-11-25(12-3-1)26-13-10-14-27(23-26)37-35-20-9-6-17-31(35)32-24-28(21-22-36(32)37)38-33-18-7-4-15-29(33)30-16-5-8-19-34(30)38/h1-24H/i1D,4D,5D,6D,7D,8D,9D,11D,12D,15D,16D,17D,18D,19D,20D,21D,22D,24D. The largest absolute Gasteiger partial charge is 0.309 e. The average Bonchev–Trinajstić information content (AvgIpc) is 3.70. The number of benzene rings is 6. The Hall–Kier alpha value is -5.08. The zero-order chi connectivity index (χ0) is 40.7. The lowest BCUT2D eigenvalue weighted by atomic mass is 10.1. The molecule has 38 heavy (non-hydrogen) atoms. The summed E-state index contributed by atoms with van der Waals surface area (Å²) < 4.78 is 160. The molecular weight excluding hydrogens is 460 g/mol. The third-order valence-electron chi connectivity index (χ3n) is 6.39. The number of aromatic nitrogens is 2. The van der Waals surface area contributed by atoms with Gasteiger partial charge in [-0.15, -0.1) is 0 Å². The molecule has 0 saturated carbocycles. The summed E-state index contributed by atoms with van der Waals surface area (Å²) in [7, 11) is 0. The molecule has 0 amide bonds. The maximum Gasteiger partial charge on any atom is 0.0652 e. The summed E-state index contributed by atoms with van der Waals surface area (Å²) in [6.45, 7) is 0. The molecule has 8 aromatic rings. The van der Waals surface area contributed by atoms with E-state index in [1.807, 2.05) is 0 Å². The van der Waals surface area contributed by atoms with E-state index in [2.05, 4.69) is 0 Å². The van der Waals surface area contributed by atoms with Crippen molar-refractivity contribution in [2.75, 3.05) is 0 Å². The molecule has 0 atom stereocenters. The van der Waals surface area contributed by atoms with Crippen molar-refractivity contribution in [3.05, 3.63) is 145 Å². The van der Waals surface area contributed by atoms with Crippen LogP contribution >= 0.6 is 0 Å². The molecule has 0 bridgehead atoms. The Kier molecular flexibility index (Phi) is 2.16. The van der Waals surface area contributed by atoms with Gasteiger partial charge in [-0.3, -0.25) is 0 Å². The summed E-state index contributed by atoms with van der Waals surface area (Å²) in [4.78, 5) is 0. The predicted octanol–water partition coefficient (Wildman–Crippen LogP) is 9.55. The first-order valence-corrected chi connectivity index (χ1v) is 11.6. The summed E-state index contributed by atoms with van der Waals surface area (Å²) in [5.41, 5.74) is -1.09. The number of hydrogen-bond donors (Lipinski definition) is 0. The molecule has 2 nitrogen and oxygen atoms in total. The Morgan fingerprint density at radius 3 is 1.63 bits per heavy atom. The summed E-state index contributed by atoms with van der Waals surface area (Å²) in [6.07, 6.45) is 0. The highest BCUT2D eigenvalue weighted by molar-refractivity contribution is 6.12. The molecule has 0 aliphatic rings. The molecule has 2 aromatic heterocycles.